The molecule has 3 nitrogen and oxygen atoms in total. The molecule has 130 valence electrons. The van der Waals surface area contributed by atoms with Gasteiger partial charge < -0.3 is 10.6 Å². The molecular weight excluding hydrogens is 320 g/mol. The number of nitrogens with one attached hydrogen (secondary N) is 2. The average molecular weight is 347 g/mol. The highest BCUT2D eigenvalue weighted by Gasteiger charge is 2.57. The lowest BCUT2D eigenvalue weighted by Gasteiger charge is -2.30. The van der Waals surface area contributed by atoms with E-state index in [2.05, 4.69) is 22.8 Å². The van der Waals surface area contributed by atoms with Gasteiger partial charge in [0.25, 0.3) is 0 Å². The van der Waals surface area contributed by atoms with Gasteiger partial charge in [0, 0.05) is 22.9 Å². The lowest BCUT2D eigenvalue weighted by molar-refractivity contribution is -0.123. The van der Waals surface area contributed by atoms with Gasteiger partial charge in [-0.05, 0) is 68.3 Å². The first-order valence-electron chi connectivity index (χ1n) is 9.38. The van der Waals surface area contributed by atoms with Crippen molar-refractivity contribution in [2.24, 2.45) is 11.3 Å². The Labute approximate surface area is 149 Å². The minimum absolute atomic E-state index is 0.0801. The van der Waals surface area contributed by atoms with E-state index in [1.54, 1.807) is 0 Å². The number of carbonyl (C=O) groups is 1. The second-order valence-electron chi connectivity index (χ2n) is 8.08. The van der Waals surface area contributed by atoms with E-state index in [0.29, 0.717) is 5.41 Å². The molecule has 1 aromatic carbocycles. The molecule has 2 saturated carbocycles. The van der Waals surface area contributed by atoms with Crippen LogP contribution in [0.5, 0.6) is 0 Å². The molecule has 0 aromatic heterocycles. The molecule has 2 aliphatic carbocycles. The molecule has 2 N–H and O–H groups in total. The molecule has 1 aliphatic heterocycles. The van der Waals surface area contributed by atoms with Crippen molar-refractivity contribution in [3.63, 3.8) is 0 Å². The van der Waals surface area contributed by atoms with Crippen molar-refractivity contribution in [2.45, 2.75) is 50.4 Å². The van der Waals surface area contributed by atoms with Gasteiger partial charge in [0.15, 0.2) is 0 Å². The first-order chi connectivity index (χ1) is 11.6. The maximum Gasteiger partial charge on any atom is 0.223 e. The second-order valence-corrected chi connectivity index (χ2v) is 8.52. The normalized spacial score (nSPS) is 27.1. The van der Waals surface area contributed by atoms with Gasteiger partial charge in [-0.2, -0.15) is 0 Å². The predicted molar refractivity (Wildman–Crippen MR) is 97.3 cm³/mol. The van der Waals surface area contributed by atoms with Crippen LogP contribution < -0.4 is 10.6 Å². The number of benzene rings is 1. The third kappa shape index (κ3) is 2.97. The summed E-state index contributed by atoms with van der Waals surface area (Å²) < 4.78 is 0. The third-order valence-electron chi connectivity index (χ3n) is 6.70. The number of hydrogen-bond acceptors (Lipinski definition) is 2. The fourth-order valence-corrected chi connectivity index (χ4v) is 5.20. The van der Waals surface area contributed by atoms with Crippen LogP contribution in [0.3, 0.4) is 0 Å². The van der Waals surface area contributed by atoms with Gasteiger partial charge in [0.05, 0.1) is 0 Å². The summed E-state index contributed by atoms with van der Waals surface area (Å²) in [5, 5.41) is 7.51. The minimum atomic E-state index is 0.0801. The Morgan fingerprint density at radius 3 is 2.67 bits per heavy atom. The summed E-state index contributed by atoms with van der Waals surface area (Å²) in [7, 11) is 0. The van der Waals surface area contributed by atoms with Crippen molar-refractivity contribution in [1.82, 2.24) is 10.6 Å². The highest BCUT2D eigenvalue weighted by Crippen LogP contribution is 2.58. The molecule has 1 spiro atoms. The fraction of sp³-hybridized carbons (Fsp3) is 0.650. The van der Waals surface area contributed by atoms with Crippen molar-refractivity contribution in [3.05, 3.63) is 34.9 Å². The summed E-state index contributed by atoms with van der Waals surface area (Å²) in [5.41, 5.74) is 1.69. The summed E-state index contributed by atoms with van der Waals surface area (Å²) >= 11 is 6.21. The van der Waals surface area contributed by atoms with Crippen LogP contribution in [0, 0.1) is 11.3 Å². The molecule has 0 radical (unpaired) electrons. The highest BCUT2D eigenvalue weighted by atomic mass is 35.5. The van der Waals surface area contributed by atoms with Gasteiger partial charge in [-0.25, -0.2) is 0 Å². The first-order valence-corrected chi connectivity index (χ1v) is 9.76. The van der Waals surface area contributed by atoms with Crippen LogP contribution in [0.2, 0.25) is 5.02 Å². The van der Waals surface area contributed by atoms with Crippen LogP contribution in [0.25, 0.3) is 0 Å². The summed E-state index contributed by atoms with van der Waals surface area (Å²) in [5.74, 6) is 0.530. The molecule has 1 saturated heterocycles. The topological polar surface area (TPSA) is 41.1 Å². The Morgan fingerprint density at radius 1 is 1.21 bits per heavy atom. The molecule has 3 aliphatic rings. The van der Waals surface area contributed by atoms with E-state index in [0.717, 1.165) is 56.8 Å². The van der Waals surface area contributed by atoms with Crippen LogP contribution in [0.1, 0.15) is 50.5 Å². The molecular formula is C20H27ClN2O. The van der Waals surface area contributed by atoms with Crippen LogP contribution in [0.15, 0.2) is 24.3 Å². The van der Waals surface area contributed by atoms with Gasteiger partial charge in [-0.15, -0.1) is 0 Å². The van der Waals surface area contributed by atoms with Crippen molar-refractivity contribution < 1.29 is 4.79 Å². The lowest BCUT2D eigenvalue weighted by Crippen LogP contribution is -2.41. The van der Waals surface area contributed by atoms with Crippen LogP contribution in [0.4, 0.5) is 0 Å². The van der Waals surface area contributed by atoms with Gasteiger partial charge in [-0.3, -0.25) is 4.79 Å². The number of amides is 1. The van der Waals surface area contributed by atoms with Gasteiger partial charge in [-0.1, -0.05) is 36.6 Å². The zero-order valence-corrected chi connectivity index (χ0v) is 15.0. The summed E-state index contributed by atoms with van der Waals surface area (Å²) in [6.07, 6.45) is 8.17. The number of carbonyl (C=O) groups excluding carboxylic acids is 1. The van der Waals surface area contributed by atoms with E-state index in [4.69, 9.17) is 11.6 Å². The van der Waals surface area contributed by atoms with Crippen LogP contribution in [-0.2, 0) is 10.2 Å². The number of rotatable bonds is 4. The van der Waals surface area contributed by atoms with Crippen LogP contribution >= 0.6 is 11.6 Å². The van der Waals surface area contributed by atoms with Crippen molar-refractivity contribution in [2.75, 3.05) is 19.6 Å². The summed E-state index contributed by atoms with van der Waals surface area (Å²) in [6.45, 7) is 2.89. The molecule has 1 atom stereocenters. The molecule has 1 amide bonds. The summed E-state index contributed by atoms with van der Waals surface area (Å²) in [6, 6.07) is 8.22. The largest absolute Gasteiger partial charge is 0.355 e. The molecule has 4 rings (SSSR count). The molecule has 24 heavy (non-hydrogen) atoms. The average Bonchev–Trinajstić information content (AvgIpc) is 3.07. The highest BCUT2D eigenvalue weighted by molar-refractivity contribution is 6.30. The molecule has 1 aromatic rings. The van der Waals surface area contributed by atoms with E-state index in [1.807, 2.05) is 12.1 Å². The van der Waals surface area contributed by atoms with Gasteiger partial charge in [0.2, 0.25) is 5.91 Å². The second kappa shape index (κ2) is 6.34. The standard InChI is InChI=1S/C20H27ClN2O/c21-16-5-3-4-15(12-16)20(6-1-2-7-20)14-23-18(24)17-13-19(17)8-10-22-11-9-19/h3-5,12,17,22H,1-2,6-11,13-14H2,(H,23,24). The van der Waals surface area contributed by atoms with Gasteiger partial charge in [0.1, 0.15) is 0 Å². The van der Waals surface area contributed by atoms with E-state index in [1.165, 1.54) is 18.4 Å². The lowest BCUT2D eigenvalue weighted by atomic mass is 9.78. The van der Waals surface area contributed by atoms with Gasteiger partial charge >= 0.3 is 0 Å². The SMILES string of the molecule is O=C(NCC1(c2cccc(Cl)c2)CCCC1)C1CC12CCNCC2. The Balaban J connectivity index is 1.42. The van der Waals surface area contributed by atoms with Crippen molar-refractivity contribution >= 4 is 17.5 Å². The van der Waals surface area contributed by atoms with Crippen molar-refractivity contribution in [1.29, 1.82) is 0 Å². The molecule has 0 bridgehead atoms. The molecule has 1 unspecified atom stereocenters. The maximum absolute atomic E-state index is 12.7. The fourth-order valence-electron chi connectivity index (χ4n) is 5.01. The zero-order chi connectivity index (χ0) is 16.6. The van der Waals surface area contributed by atoms with Crippen LogP contribution in [-0.4, -0.2) is 25.5 Å². The molecule has 3 fully saturated rings. The number of hydrogen-bond donors (Lipinski definition) is 2. The predicted octanol–water partition coefficient (Wildman–Crippen LogP) is 3.66. The molecule has 4 heteroatoms. The van der Waals surface area contributed by atoms with E-state index < -0.39 is 0 Å². The minimum Gasteiger partial charge on any atom is -0.355 e. The molecule has 1 heterocycles. The van der Waals surface area contributed by atoms with E-state index >= 15 is 0 Å². The number of piperidine rings is 1. The Hall–Kier alpha value is -1.06. The zero-order valence-electron chi connectivity index (χ0n) is 14.2. The Kier molecular flexibility index (Phi) is 4.34. The maximum atomic E-state index is 12.7. The summed E-state index contributed by atoms with van der Waals surface area (Å²) in [4.78, 5) is 12.7. The first kappa shape index (κ1) is 16.4. The van der Waals surface area contributed by atoms with E-state index in [-0.39, 0.29) is 17.2 Å². The van der Waals surface area contributed by atoms with E-state index in [9.17, 15) is 4.79 Å². The quantitative estimate of drug-likeness (QED) is 0.873. The Bertz CT molecular complexity index is 618. The monoisotopic (exact) mass is 346 g/mol. The number of halogens is 1. The van der Waals surface area contributed by atoms with Crippen molar-refractivity contribution in [3.8, 4) is 0 Å². The third-order valence-corrected chi connectivity index (χ3v) is 6.94. The smallest absolute Gasteiger partial charge is 0.223 e. The Morgan fingerprint density at radius 2 is 1.96 bits per heavy atom.